The molecule has 3 N–H and O–H groups in total. The summed E-state index contributed by atoms with van der Waals surface area (Å²) in [4.78, 5) is 40.9. The number of nitrogens with zero attached hydrogens (tertiary/aromatic N) is 4. The van der Waals surface area contributed by atoms with Crippen molar-refractivity contribution in [2.75, 3.05) is 11.5 Å². The Morgan fingerprint density at radius 3 is 2.52 bits per heavy atom. The van der Waals surface area contributed by atoms with Gasteiger partial charge < -0.3 is 5.73 Å². The van der Waals surface area contributed by atoms with Gasteiger partial charge in [-0.1, -0.05) is 41.6 Å². The van der Waals surface area contributed by atoms with E-state index in [1.54, 1.807) is 0 Å². The monoisotopic (exact) mass is 386 g/mol. The van der Waals surface area contributed by atoms with Crippen LogP contribution in [0.15, 0.2) is 39.0 Å². The molecule has 1 aromatic carbocycles. The topological polar surface area (TPSA) is 129 Å². The summed E-state index contributed by atoms with van der Waals surface area (Å²) in [5.74, 6) is -0.134. The third kappa shape index (κ3) is 3.56. The zero-order valence-electron chi connectivity index (χ0n) is 15.0. The molecule has 27 heavy (non-hydrogen) atoms. The number of aryl methyl sites for hydroxylation is 1. The Bertz CT molecular complexity index is 1130. The van der Waals surface area contributed by atoms with E-state index >= 15 is 0 Å². The number of carbonyl (C=O) groups excluding carboxylic acids is 1. The largest absolute Gasteiger partial charge is 0.384 e. The van der Waals surface area contributed by atoms with Crippen LogP contribution in [0.25, 0.3) is 11.4 Å². The van der Waals surface area contributed by atoms with Gasteiger partial charge in [-0.3, -0.25) is 23.8 Å². The number of benzene rings is 1. The minimum Gasteiger partial charge on any atom is -0.384 e. The van der Waals surface area contributed by atoms with Crippen LogP contribution in [-0.4, -0.2) is 35.9 Å². The second-order valence-corrected chi connectivity index (χ2v) is 6.95. The second kappa shape index (κ2) is 7.23. The standard InChI is InChI=1S/C17H18N6O3S/c1-9-4-6-10(7-5-9)14-19-16(21-20-14)27-8-11(24)12-13(18)22(2)17(26)23(3)15(12)25/h4-7H,8,18H2,1-3H3,(H,19,20,21). The first kappa shape index (κ1) is 18.6. The number of nitrogen functional groups attached to an aromatic ring is 1. The first-order valence-corrected chi connectivity index (χ1v) is 8.99. The van der Waals surface area contributed by atoms with Gasteiger partial charge >= 0.3 is 5.69 Å². The van der Waals surface area contributed by atoms with Gasteiger partial charge in [-0.05, 0) is 6.92 Å². The summed E-state index contributed by atoms with van der Waals surface area (Å²) in [6, 6.07) is 7.77. The van der Waals surface area contributed by atoms with Gasteiger partial charge in [0, 0.05) is 19.7 Å². The van der Waals surface area contributed by atoms with Crippen molar-refractivity contribution in [3.8, 4) is 11.4 Å². The first-order chi connectivity index (χ1) is 12.8. The summed E-state index contributed by atoms with van der Waals surface area (Å²) < 4.78 is 1.93. The number of aromatic nitrogens is 5. The van der Waals surface area contributed by atoms with Gasteiger partial charge in [0.05, 0.1) is 5.75 Å². The molecule has 140 valence electrons. The zero-order valence-corrected chi connectivity index (χ0v) is 15.8. The van der Waals surface area contributed by atoms with Crippen molar-refractivity contribution in [1.29, 1.82) is 0 Å². The van der Waals surface area contributed by atoms with E-state index in [1.807, 2.05) is 31.2 Å². The number of nitrogens with two attached hydrogens (primary N) is 1. The summed E-state index contributed by atoms with van der Waals surface area (Å²) in [7, 11) is 2.71. The molecule has 0 bridgehead atoms. The molecule has 9 nitrogen and oxygen atoms in total. The normalized spacial score (nSPS) is 10.9. The predicted octanol–water partition coefficient (Wildman–Crippen LogP) is 0.735. The van der Waals surface area contributed by atoms with E-state index in [2.05, 4.69) is 15.2 Å². The summed E-state index contributed by atoms with van der Waals surface area (Å²) >= 11 is 1.08. The highest BCUT2D eigenvalue weighted by Crippen LogP contribution is 2.20. The summed E-state index contributed by atoms with van der Waals surface area (Å²) in [5, 5.41) is 7.28. The van der Waals surface area contributed by atoms with E-state index in [-0.39, 0.29) is 17.1 Å². The van der Waals surface area contributed by atoms with E-state index in [0.717, 1.165) is 32.0 Å². The molecule has 0 unspecified atom stereocenters. The first-order valence-electron chi connectivity index (χ1n) is 8.00. The molecule has 0 radical (unpaired) electrons. The van der Waals surface area contributed by atoms with E-state index in [4.69, 9.17) is 5.73 Å². The average Bonchev–Trinajstić information content (AvgIpc) is 3.13. The Balaban J connectivity index is 1.79. The van der Waals surface area contributed by atoms with Gasteiger partial charge in [0.25, 0.3) is 5.56 Å². The lowest BCUT2D eigenvalue weighted by Gasteiger charge is -2.10. The van der Waals surface area contributed by atoms with Gasteiger partial charge in [-0.15, -0.1) is 5.10 Å². The Morgan fingerprint density at radius 1 is 1.19 bits per heavy atom. The van der Waals surface area contributed by atoms with Gasteiger partial charge in [-0.25, -0.2) is 9.78 Å². The van der Waals surface area contributed by atoms with Gasteiger partial charge in [0.2, 0.25) is 5.16 Å². The Hall–Kier alpha value is -3.14. The maximum atomic E-state index is 12.5. The number of rotatable bonds is 5. The fourth-order valence-corrected chi connectivity index (χ4v) is 3.15. The van der Waals surface area contributed by atoms with Crippen molar-refractivity contribution in [1.82, 2.24) is 24.3 Å². The Kier molecular flexibility index (Phi) is 5.00. The number of Topliss-reactive ketones (excluding diaryl/α,β-unsaturated/α-hetero) is 1. The molecule has 0 atom stereocenters. The van der Waals surface area contributed by atoms with Crippen LogP contribution in [-0.2, 0) is 14.1 Å². The minimum atomic E-state index is -0.712. The molecule has 0 aliphatic rings. The van der Waals surface area contributed by atoms with Crippen LogP contribution in [0.2, 0.25) is 0 Å². The number of aromatic amines is 1. The molecular formula is C17H18N6O3S. The highest BCUT2D eigenvalue weighted by atomic mass is 32.2. The van der Waals surface area contributed by atoms with Gasteiger partial charge in [0.15, 0.2) is 11.6 Å². The van der Waals surface area contributed by atoms with Crippen molar-refractivity contribution in [2.24, 2.45) is 14.1 Å². The number of nitrogens with one attached hydrogen (secondary N) is 1. The summed E-state index contributed by atoms with van der Waals surface area (Å²) in [6.07, 6.45) is 0. The number of hydrogen-bond donors (Lipinski definition) is 2. The van der Waals surface area contributed by atoms with Gasteiger partial charge in [-0.2, -0.15) is 0 Å². The molecule has 3 aromatic rings. The molecule has 0 saturated carbocycles. The fourth-order valence-electron chi connectivity index (χ4n) is 2.48. The molecule has 2 heterocycles. The van der Waals surface area contributed by atoms with Crippen LogP contribution in [0.5, 0.6) is 0 Å². The SMILES string of the molecule is Cc1ccc(-c2nc(SCC(=O)c3c(N)n(C)c(=O)n(C)c3=O)n[nH]2)cc1. The van der Waals surface area contributed by atoms with Crippen molar-refractivity contribution >= 4 is 23.4 Å². The van der Waals surface area contributed by atoms with Crippen LogP contribution < -0.4 is 17.0 Å². The predicted molar refractivity (Wildman–Crippen MR) is 103 cm³/mol. The molecular weight excluding hydrogens is 368 g/mol. The number of hydrogen-bond acceptors (Lipinski definition) is 7. The average molecular weight is 386 g/mol. The Morgan fingerprint density at radius 2 is 1.85 bits per heavy atom. The van der Waals surface area contributed by atoms with Crippen LogP contribution in [0.1, 0.15) is 15.9 Å². The number of H-pyrrole nitrogens is 1. The van der Waals surface area contributed by atoms with Crippen LogP contribution >= 0.6 is 11.8 Å². The van der Waals surface area contributed by atoms with Crippen molar-refractivity contribution in [2.45, 2.75) is 12.1 Å². The second-order valence-electron chi connectivity index (χ2n) is 6.01. The van der Waals surface area contributed by atoms with E-state index < -0.39 is 17.0 Å². The molecule has 3 rings (SSSR count). The lowest BCUT2D eigenvalue weighted by Crippen LogP contribution is -2.41. The van der Waals surface area contributed by atoms with E-state index in [9.17, 15) is 14.4 Å². The molecule has 2 aromatic heterocycles. The third-order valence-electron chi connectivity index (χ3n) is 4.11. The van der Waals surface area contributed by atoms with Crippen molar-refractivity contribution < 1.29 is 4.79 Å². The molecule has 0 fully saturated rings. The van der Waals surface area contributed by atoms with E-state index in [0.29, 0.717) is 11.0 Å². The number of carbonyl (C=O) groups is 1. The number of thioether (sulfide) groups is 1. The molecule has 10 heteroatoms. The van der Waals surface area contributed by atoms with Crippen LogP contribution in [0.3, 0.4) is 0 Å². The number of anilines is 1. The van der Waals surface area contributed by atoms with Crippen LogP contribution in [0, 0.1) is 6.92 Å². The molecule has 0 aliphatic carbocycles. The highest BCUT2D eigenvalue weighted by Gasteiger charge is 2.21. The zero-order chi connectivity index (χ0) is 19.7. The van der Waals surface area contributed by atoms with Gasteiger partial charge in [0.1, 0.15) is 11.4 Å². The molecule has 0 spiro atoms. The van der Waals surface area contributed by atoms with E-state index in [1.165, 1.54) is 14.1 Å². The quantitative estimate of drug-likeness (QED) is 0.489. The molecule has 0 aliphatic heterocycles. The number of ketones is 1. The van der Waals surface area contributed by atoms with Crippen LogP contribution in [0.4, 0.5) is 5.82 Å². The van der Waals surface area contributed by atoms with Crippen molar-refractivity contribution in [3.63, 3.8) is 0 Å². The smallest absolute Gasteiger partial charge is 0.332 e. The lowest BCUT2D eigenvalue weighted by molar-refractivity contribution is 0.102. The van der Waals surface area contributed by atoms with Crippen molar-refractivity contribution in [3.05, 3.63) is 56.2 Å². The Labute approximate surface area is 158 Å². The summed E-state index contributed by atoms with van der Waals surface area (Å²) in [5.41, 5.74) is 6.31. The fraction of sp³-hybridized carbons (Fsp3) is 0.235. The maximum Gasteiger partial charge on any atom is 0.332 e. The minimum absolute atomic E-state index is 0.0805. The summed E-state index contributed by atoms with van der Waals surface area (Å²) in [6.45, 7) is 1.99. The highest BCUT2D eigenvalue weighted by molar-refractivity contribution is 7.99. The molecule has 0 saturated heterocycles. The maximum absolute atomic E-state index is 12.5. The lowest BCUT2D eigenvalue weighted by atomic mass is 10.1. The third-order valence-corrected chi connectivity index (χ3v) is 4.96. The molecule has 0 amide bonds.